The minimum atomic E-state index is -0.896. The second kappa shape index (κ2) is 55.8. The monoisotopic (exact) mass is 1540 g/mol. The summed E-state index contributed by atoms with van der Waals surface area (Å²) in [6, 6.07) is 0. The second-order valence-electron chi connectivity index (χ2n) is 30.3. The lowest BCUT2D eigenvalue weighted by Gasteiger charge is -2.30. The van der Waals surface area contributed by atoms with Gasteiger partial charge in [-0.15, -0.1) is 0 Å². The highest BCUT2D eigenvalue weighted by atomic mass is 79.9. The molecule has 34 heteroatoms. The van der Waals surface area contributed by atoms with Crippen molar-refractivity contribution < 1.29 is 77.7 Å². The van der Waals surface area contributed by atoms with Gasteiger partial charge in [0, 0.05) is 152 Å². The lowest BCUT2D eigenvalue weighted by Crippen LogP contribution is -2.43. The van der Waals surface area contributed by atoms with Crippen LogP contribution in [0, 0.1) is 0 Å². The number of carbonyl (C=O) groups excluding carboxylic acids is 5. The van der Waals surface area contributed by atoms with Gasteiger partial charge in [-0.05, 0) is 173 Å². The third-order valence-corrected chi connectivity index (χ3v) is 15.0. The molecule has 0 aliphatic carbocycles. The number of azide groups is 2. The normalized spacial score (nSPS) is 16.8. The molecule has 0 bridgehead atoms. The van der Waals surface area contributed by atoms with Crippen molar-refractivity contribution in [3.63, 3.8) is 0 Å². The predicted octanol–water partition coefficient (Wildman–Crippen LogP) is 5.93. The number of carboxylic acids is 2. The molecular formula is C69H134BrN17O16. The molecule has 8 N–H and O–H groups in total. The SMILES string of the molecule is C=C(O)CN=[N+]=[N-].CC(C)(C)OC(=O)CCCCCBr.CC(C)(C)OC(=O)CN1CCN(CCCCN)CCN(CC(=O)OC(C)(C)C)CC1.CC(C)(C)OC(=O)CN1CCNCCN(CC(O)OC(C)(C)C)CC1.[N-]=[N+]=NCC(=O)NCCCCN1CCN(CC(=O)O)CCN(CC(=O)O)CC1. The van der Waals surface area contributed by atoms with Gasteiger partial charge in [0.05, 0.1) is 50.6 Å². The van der Waals surface area contributed by atoms with E-state index in [0.29, 0.717) is 78.4 Å². The smallest absolute Gasteiger partial charge is 0.320 e. The molecule has 0 aromatic rings. The number of hydrogen-bond donors (Lipinski definition) is 7. The van der Waals surface area contributed by atoms with Crippen LogP contribution >= 0.6 is 15.9 Å². The number of ether oxygens (including phenoxy) is 5. The first kappa shape index (κ1) is 99.5. The molecule has 0 saturated carbocycles. The van der Waals surface area contributed by atoms with E-state index in [-0.39, 0.29) is 92.6 Å². The Labute approximate surface area is 622 Å². The molecule has 3 saturated heterocycles. The molecule has 1 unspecified atom stereocenters. The fourth-order valence-corrected chi connectivity index (χ4v) is 10.4. The third-order valence-electron chi connectivity index (χ3n) is 14.5. The van der Waals surface area contributed by atoms with Crippen molar-refractivity contribution >= 4 is 57.7 Å². The zero-order chi connectivity index (χ0) is 78.7. The summed E-state index contributed by atoms with van der Waals surface area (Å²) in [6.45, 7) is 48.6. The Morgan fingerprint density at radius 1 is 0.485 bits per heavy atom. The Hall–Kier alpha value is -5.55. The van der Waals surface area contributed by atoms with Crippen LogP contribution in [0.15, 0.2) is 22.6 Å². The highest BCUT2D eigenvalue weighted by molar-refractivity contribution is 9.09. The van der Waals surface area contributed by atoms with Crippen LogP contribution in [0.2, 0.25) is 0 Å². The number of aliphatic carboxylic acids is 2. The first-order valence-corrected chi connectivity index (χ1v) is 37.2. The summed E-state index contributed by atoms with van der Waals surface area (Å²) in [4.78, 5) is 103. The topological polar surface area (TPSA) is 420 Å². The maximum atomic E-state index is 12.3. The molecule has 3 heterocycles. The molecular weight excluding hydrogens is 1400 g/mol. The molecule has 3 rings (SSSR count). The number of rotatable bonds is 31. The van der Waals surface area contributed by atoms with Crippen LogP contribution < -0.4 is 16.4 Å². The molecule has 598 valence electrons. The number of alkyl halides is 1. The van der Waals surface area contributed by atoms with Crippen molar-refractivity contribution in [2.45, 2.75) is 190 Å². The number of aliphatic hydroxyl groups excluding tert-OH is 2. The van der Waals surface area contributed by atoms with E-state index in [0.717, 1.165) is 129 Å². The summed E-state index contributed by atoms with van der Waals surface area (Å²) >= 11 is 3.35. The summed E-state index contributed by atoms with van der Waals surface area (Å²) in [5.41, 5.74) is 19.3. The number of nitrogens with two attached hydrogens (primary N) is 1. The van der Waals surface area contributed by atoms with Crippen molar-refractivity contribution in [1.29, 1.82) is 0 Å². The van der Waals surface area contributed by atoms with Gasteiger partial charge in [-0.25, -0.2) is 0 Å². The molecule has 3 aliphatic rings. The number of carboxylic acid groups (broad SMARTS) is 2. The standard InChI is InChI=1S/C22H44N4O4.C18H37N3O4.C16H29N7O5.C10H19BrO2.C3H5N3O/c1-21(2,3)29-19(27)17-25-13-11-24(10-8-7-9-23)12-14-26(16-15-25)18-20(28)30-22(4,5)6;1-17(2,3)24-15(22)13-20-9-7-19-8-10-21(12-11-20)14-16(23)25-18(4,5)6;17-20-19-11-14(24)18-3-1-2-4-21-5-7-22(12-15(25)26)9-10-23(8-6-21)13-16(27)28;1-10(2,3)13-9(12)7-5-4-6-8-11;1-3(7)2-5-6-4/h7-18,23H2,1-6H3;15,19,22H,7-14H2,1-6H3;1-13H2,(H,18,24)(H,25,26)(H,27,28);4-8H2,1-3H3;7H,1-2H2. The van der Waals surface area contributed by atoms with Crippen LogP contribution in [0.5, 0.6) is 0 Å². The summed E-state index contributed by atoms with van der Waals surface area (Å²) < 4.78 is 27.2. The van der Waals surface area contributed by atoms with Crippen molar-refractivity contribution in [3.8, 4) is 0 Å². The zero-order valence-electron chi connectivity index (χ0n) is 65.3. The van der Waals surface area contributed by atoms with Crippen LogP contribution in [-0.2, 0) is 57.2 Å². The number of halogens is 1. The maximum Gasteiger partial charge on any atom is 0.320 e. The van der Waals surface area contributed by atoms with Crippen molar-refractivity contribution in [2.75, 3.05) is 202 Å². The Kier molecular flexibility index (Phi) is 53.9. The maximum absolute atomic E-state index is 12.3. The van der Waals surface area contributed by atoms with E-state index in [1.165, 1.54) is 0 Å². The minimum absolute atomic E-state index is 0.0313. The summed E-state index contributed by atoms with van der Waals surface area (Å²) in [7, 11) is 0. The number of hydrogen-bond acceptors (Lipinski definition) is 26. The second-order valence-corrected chi connectivity index (χ2v) is 31.1. The highest BCUT2D eigenvalue weighted by Gasteiger charge is 2.27. The zero-order valence-corrected chi connectivity index (χ0v) is 66.9. The molecule has 33 nitrogen and oxygen atoms in total. The Morgan fingerprint density at radius 2 is 0.835 bits per heavy atom. The quantitative estimate of drug-likeness (QED) is 0.00486. The Morgan fingerprint density at radius 3 is 1.18 bits per heavy atom. The molecule has 1 amide bonds. The lowest BCUT2D eigenvalue weighted by atomic mass is 10.2. The number of aliphatic hydroxyl groups is 2. The number of amides is 1. The molecule has 0 aromatic heterocycles. The fourth-order valence-electron chi connectivity index (χ4n) is 9.98. The predicted molar refractivity (Wildman–Crippen MR) is 402 cm³/mol. The van der Waals surface area contributed by atoms with Gasteiger partial charge in [0.15, 0.2) is 6.29 Å². The molecule has 0 spiro atoms. The van der Waals surface area contributed by atoms with Crippen molar-refractivity contribution in [3.05, 3.63) is 33.2 Å². The van der Waals surface area contributed by atoms with Gasteiger partial charge in [-0.2, -0.15) is 0 Å². The first-order chi connectivity index (χ1) is 47.9. The summed E-state index contributed by atoms with van der Waals surface area (Å²) in [5, 5.41) is 49.7. The van der Waals surface area contributed by atoms with E-state index in [1.54, 1.807) is 0 Å². The molecule has 103 heavy (non-hydrogen) atoms. The van der Waals surface area contributed by atoms with E-state index in [9.17, 15) is 38.7 Å². The molecule has 3 aliphatic heterocycles. The van der Waals surface area contributed by atoms with Crippen LogP contribution in [-0.4, -0.2) is 337 Å². The number of nitrogens with one attached hydrogen (secondary N) is 2. The van der Waals surface area contributed by atoms with E-state index < -0.39 is 35.0 Å². The average Bonchev–Trinajstić information content (AvgIpc) is 1.88. The number of unbranched alkanes of at least 4 members (excludes halogenated alkanes) is 4. The van der Waals surface area contributed by atoms with Gasteiger partial charge < -0.3 is 70.3 Å². The van der Waals surface area contributed by atoms with Gasteiger partial charge in [0.25, 0.3) is 0 Å². The third kappa shape index (κ3) is 66.8. The first-order valence-electron chi connectivity index (χ1n) is 36.0. The highest BCUT2D eigenvalue weighted by Crippen LogP contribution is 2.15. The Balaban J connectivity index is 0. The van der Waals surface area contributed by atoms with Gasteiger partial charge in [0.1, 0.15) is 28.9 Å². The molecule has 0 radical (unpaired) electrons. The number of esters is 4. The largest absolute Gasteiger partial charge is 0.513 e. The van der Waals surface area contributed by atoms with Crippen LogP contribution in [0.1, 0.15) is 155 Å². The van der Waals surface area contributed by atoms with E-state index in [2.05, 4.69) is 82.6 Å². The van der Waals surface area contributed by atoms with Gasteiger partial charge in [-0.1, -0.05) is 39.2 Å². The average molecular weight is 1540 g/mol. The molecule has 1 atom stereocenters. The number of nitrogens with zero attached hydrogens (tertiary/aromatic N) is 14. The van der Waals surface area contributed by atoms with E-state index >= 15 is 0 Å². The van der Waals surface area contributed by atoms with Crippen molar-refractivity contribution in [2.24, 2.45) is 16.0 Å². The van der Waals surface area contributed by atoms with Gasteiger partial charge in [0.2, 0.25) is 5.91 Å². The number of carbonyl (C=O) groups is 7. The molecule has 3 fully saturated rings. The van der Waals surface area contributed by atoms with Crippen LogP contribution in [0.3, 0.4) is 0 Å². The summed E-state index contributed by atoms with van der Waals surface area (Å²) in [6.07, 6.45) is 6.52. The Bertz CT molecular complexity index is 2430. The lowest BCUT2D eigenvalue weighted by molar-refractivity contribution is -0.174. The van der Waals surface area contributed by atoms with Crippen LogP contribution in [0.4, 0.5) is 0 Å². The van der Waals surface area contributed by atoms with Gasteiger partial charge >= 0.3 is 35.8 Å². The van der Waals surface area contributed by atoms with E-state index in [4.69, 9.17) is 55.8 Å². The molecule has 0 aromatic carbocycles. The van der Waals surface area contributed by atoms with Crippen molar-refractivity contribution in [1.82, 2.24) is 49.8 Å². The van der Waals surface area contributed by atoms with Crippen LogP contribution in [0.25, 0.3) is 20.9 Å². The number of β-amino-alcohol motifs (C(OH)–C–C–N with tert-alkyl or cyclic N) is 1. The minimum Gasteiger partial charge on any atom is -0.513 e. The van der Waals surface area contributed by atoms with E-state index in [1.807, 2.05) is 114 Å². The summed E-state index contributed by atoms with van der Waals surface area (Å²) in [5.74, 6) is -2.92. The fraction of sp³-hybridized carbons (Fsp3) is 0.870. The van der Waals surface area contributed by atoms with Gasteiger partial charge in [-0.3, -0.25) is 63.0 Å².